The van der Waals surface area contributed by atoms with Crippen LogP contribution in [0.15, 0.2) is 0 Å². The van der Waals surface area contributed by atoms with Gasteiger partial charge in [0.15, 0.2) is 0 Å². The van der Waals surface area contributed by atoms with Gasteiger partial charge in [-0.05, 0) is 0 Å². The Morgan fingerprint density at radius 3 is 2.64 bits per heavy atom. The molecule has 62 valence electrons. The summed E-state index contributed by atoms with van der Waals surface area (Å²) in [4.78, 5) is 23.2. The van der Waals surface area contributed by atoms with Crippen molar-refractivity contribution < 1.29 is 9.59 Å². The molecule has 1 heterocycles. The Kier molecular flexibility index (Phi) is 2.17. The summed E-state index contributed by atoms with van der Waals surface area (Å²) in [6.45, 7) is 1.76. The Morgan fingerprint density at radius 1 is 1.55 bits per heavy atom. The SMILES string of the molecule is CC1C(=O)NC(=O)N(C)C1Br. The largest absolute Gasteiger partial charge is 0.324 e. The standard InChI is InChI=1S/C6H9BrN2O2/c1-3-4(7)9(2)6(11)8-5(3)10/h3-4H,1-2H3,(H,8,10,11). The van der Waals surface area contributed by atoms with Crippen LogP contribution in [0.1, 0.15) is 6.92 Å². The molecule has 0 bridgehead atoms. The second-order valence-corrected chi connectivity index (χ2v) is 3.50. The predicted molar refractivity (Wildman–Crippen MR) is 43.2 cm³/mol. The molecule has 0 saturated carbocycles. The molecule has 0 aromatic carbocycles. The molecule has 2 atom stereocenters. The number of carbonyl (C=O) groups excluding carboxylic acids is 2. The van der Waals surface area contributed by atoms with Crippen LogP contribution >= 0.6 is 15.9 Å². The van der Waals surface area contributed by atoms with Crippen LogP contribution < -0.4 is 5.32 Å². The maximum atomic E-state index is 11.0. The lowest BCUT2D eigenvalue weighted by Gasteiger charge is -2.32. The van der Waals surface area contributed by atoms with Crippen molar-refractivity contribution in [3.05, 3.63) is 0 Å². The van der Waals surface area contributed by atoms with Gasteiger partial charge in [0.05, 0.1) is 10.9 Å². The van der Waals surface area contributed by atoms with E-state index in [2.05, 4.69) is 21.2 Å². The minimum atomic E-state index is -0.352. The number of halogens is 1. The van der Waals surface area contributed by atoms with E-state index in [0.29, 0.717) is 0 Å². The van der Waals surface area contributed by atoms with E-state index in [-0.39, 0.29) is 22.8 Å². The predicted octanol–water partition coefficient (Wildman–Crippen LogP) is 0.525. The van der Waals surface area contributed by atoms with Gasteiger partial charge in [0.2, 0.25) is 5.91 Å². The fourth-order valence-electron chi connectivity index (χ4n) is 0.880. The number of amides is 3. The van der Waals surface area contributed by atoms with Gasteiger partial charge < -0.3 is 4.90 Å². The third kappa shape index (κ3) is 1.38. The van der Waals surface area contributed by atoms with Crippen LogP contribution in [-0.4, -0.2) is 28.8 Å². The molecule has 1 N–H and O–H groups in total. The molecular weight excluding hydrogens is 212 g/mol. The van der Waals surface area contributed by atoms with Gasteiger partial charge in [-0.2, -0.15) is 0 Å². The lowest BCUT2D eigenvalue weighted by molar-refractivity contribution is -0.125. The van der Waals surface area contributed by atoms with E-state index in [9.17, 15) is 9.59 Å². The number of imide groups is 1. The zero-order valence-corrected chi connectivity index (χ0v) is 7.88. The van der Waals surface area contributed by atoms with Gasteiger partial charge in [-0.25, -0.2) is 4.79 Å². The van der Waals surface area contributed by atoms with Crippen molar-refractivity contribution in [2.24, 2.45) is 5.92 Å². The van der Waals surface area contributed by atoms with E-state index < -0.39 is 0 Å². The summed E-state index contributed by atoms with van der Waals surface area (Å²) < 4.78 is 0. The van der Waals surface area contributed by atoms with Crippen LogP contribution in [-0.2, 0) is 4.79 Å². The number of hydrogen-bond donors (Lipinski definition) is 1. The normalized spacial score (nSPS) is 32.1. The second kappa shape index (κ2) is 2.81. The third-order valence-corrected chi connectivity index (χ3v) is 3.15. The highest BCUT2D eigenvalue weighted by atomic mass is 79.9. The van der Waals surface area contributed by atoms with Gasteiger partial charge >= 0.3 is 6.03 Å². The van der Waals surface area contributed by atoms with Crippen molar-refractivity contribution in [1.29, 1.82) is 0 Å². The first-order chi connectivity index (χ1) is 5.04. The first kappa shape index (κ1) is 8.52. The molecule has 4 nitrogen and oxygen atoms in total. The van der Waals surface area contributed by atoms with Crippen LogP contribution in [0.3, 0.4) is 0 Å². The quantitative estimate of drug-likeness (QED) is 0.479. The maximum Gasteiger partial charge on any atom is 0.324 e. The molecule has 1 saturated heterocycles. The average molecular weight is 221 g/mol. The Balaban J connectivity index is 2.78. The minimum Gasteiger partial charge on any atom is -0.314 e. The number of urea groups is 1. The third-order valence-electron chi connectivity index (χ3n) is 1.75. The molecule has 11 heavy (non-hydrogen) atoms. The first-order valence-corrected chi connectivity index (χ1v) is 4.17. The molecule has 1 fully saturated rings. The van der Waals surface area contributed by atoms with Gasteiger partial charge in [0.25, 0.3) is 0 Å². The molecule has 0 spiro atoms. The number of carbonyl (C=O) groups is 2. The first-order valence-electron chi connectivity index (χ1n) is 3.25. The average Bonchev–Trinajstić information content (AvgIpc) is 1.97. The molecule has 0 aromatic heterocycles. The number of nitrogens with zero attached hydrogens (tertiary/aromatic N) is 1. The van der Waals surface area contributed by atoms with Gasteiger partial charge in [0, 0.05) is 7.05 Å². The van der Waals surface area contributed by atoms with Crippen LogP contribution in [0.4, 0.5) is 4.79 Å². The van der Waals surface area contributed by atoms with Crippen LogP contribution in [0.5, 0.6) is 0 Å². The summed E-state index contributed by atoms with van der Waals surface area (Å²) in [6.07, 6.45) is 0. The van der Waals surface area contributed by atoms with Crippen molar-refractivity contribution in [1.82, 2.24) is 10.2 Å². The highest BCUT2D eigenvalue weighted by Gasteiger charge is 2.34. The zero-order valence-electron chi connectivity index (χ0n) is 6.30. The molecule has 3 amide bonds. The molecule has 1 aliphatic heterocycles. The molecule has 1 rings (SSSR count). The lowest BCUT2D eigenvalue weighted by atomic mass is 10.1. The highest BCUT2D eigenvalue weighted by Crippen LogP contribution is 2.19. The van der Waals surface area contributed by atoms with Gasteiger partial charge in [-0.1, -0.05) is 22.9 Å². The Bertz CT molecular complexity index is 187. The number of alkyl halides is 1. The molecule has 1 aliphatic rings. The monoisotopic (exact) mass is 220 g/mol. The Hall–Kier alpha value is -0.580. The summed E-state index contributed by atoms with van der Waals surface area (Å²) in [6, 6.07) is -0.352. The fraction of sp³-hybridized carbons (Fsp3) is 0.667. The van der Waals surface area contributed by atoms with Crippen molar-refractivity contribution >= 4 is 27.9 Å². The van der Waals surface area contributed by atoms with Crippen LogP contribution in [0.2, 0.25) is 0 Å². The van der Waals surface area contributed by atoms with Crippen LogP contribution in [0.25, 0.3) is 0 Å². The Morgan fingerprint density at radius 2 is 2.09 bits per heavy atom. The molecule has 0 radical (unpaired) electrons. The van der Waals surface area contributed by atoms with Crippen molar-refractivity contribution in [2.45, 2.75) is 11.9 Å². The smallest absolute Gasteiger partial charge is 0.314 e. The van der Waals surface area contributed by atoms with E-state index in [1.807, 2.05) is 0 Å². The molecule has 0 aliphatic carbocycles. The molecule has 0 aromatic rings. The number of rotatable bonds is 0. The molecule has 2 unspecified atom stereocenters. The maximum absolute atomic E-state index is 11.0. The second-order valence-electron chi connectivity index (χ2n) is 2.57. The van der Waals surface area contributed by atoms with E-state index in [1.165, 1.54) is 4.90 Å². The van der Waals surface area contributed by atoms with Gasteiger partial charge in [-0.15, -0.1) is 0 Å². The summed E-state index contributed by atoms with van der Waals surface area (Å²) in [5.41, 5.74) is 0. The van der Waals surface area contributed by atoms with E-state index in [0.717, 1.165) is 0 Å². The van der Waals surface area contributed by atoms with Crippen molar-refractivity contribution in [3.63, 3.8) is 0 Å². The zero-order chi connectivity index (χ0) is 8.59. The highest BCUT2D eigenvalue weighted by molar-refractivity contribution is 9.09. The summed E-state index contributed by atoms with van der Waals surface area (Å²) in [5.74, 6) is -0.423. The van der Waals surface area contributed by atoms with E-state index in [4.69, 9.17) is 0 Å². The number of nitrogens with one attached hydrogen (secondary N) is 1. The van der Waals surface area contributed by atoms with Gasteiger partial charge in [0.1, 0.15) is 0 Å². The summed E-state index contributed by atoms with van der Waals surface area (Å²) >= 11 is 3.24. The van der Waals surface area contributed by atoms with Crippen molar-refractivity contribution in [2.75, 3.05) is 7.05 Å². The van der Waals surface area contributed by atoms with Crippen LogP contribution in [0, 0.1) is 5.92 Å². The minimum absolute atomic E-state index is 0.191. The fourth-order valence-corrected chi connectivity index (χ4v) is 1.31. The Labute approximate surface area is 73.1 Å². The molecule has 5 heteroatoms. The van der Waals surface area contributed by atoms with Crippen molar-refractivity contribution in [3.8, 4) is 0 Å². The topological polar surface area (TPSA) is 49.4 Å². The van der Waals surface area contributed by atoms with Gasteiger partial charge in [-0.3, -0.25) is 10.1 Å². The van der Waals surface area contributed by atoms with E-state index in [1.54, 1.807) is 14.0 Å². The summed E-state index contributed by atoms with van der Waals surface area (Å²) in [7, 11) is 1.64. The summed E-state index contributed by atoms with van der Waals surface area (Å²) in [5, 5.41) is 2.23. The molecular formula is C6H9BrN2O2. The van der Waals surface area contributed by atoms with E-state index >= 15 is 0 Å². The number of hydrogen-bond acceptors (Lipinski definition) is 2. The lowest BCUT2D eigenvalue weighted by Crippen LogP contribution is -2.55.